The Hall–Kier alpha value is -3.55. The van der Waals surface area contributed by atoms with E-state index in [9.17, 15) is 38.7 Å². The van der Waals surface area contributed by atoms with E-state index in [1.807, 2.05) is 27.7 Å². The van der Waals surface area contributed by atoms with Gasteiger partial charge in [0, 0.05) is 13.3 Å². The molecule has 0 radical (unpaired) electrons. The number of amides is 5. The molecule has 0 spiro atoms. The Morgan fingerprint density at radius 2 is 1.29 bits per heavy atom. The topological polar surface area (TPSA) is 226 Å². The summed E-state index contributed by atoms with van der Waals surface area (Å²) in [5.74, 6) is -4.23. The summed E-state index contributed by atoms with van der Waals surface area (Å²) in [7, 11) is 0. The summed E-state index contributed by atoms with van der Waals surface area (Å²) in [5, 5.41) is 21.8. The van der Waals surface area contributed by atoms with Crippen molar-refractivity contribution in [3.05, 3.63) is 0 Å². The smallest absolute Gasteiger partial charge is 0.303 e. The molecule has 0 heterocycles. The van der Waals surface area contributed by atoms with Crippen LogP contribution in [0.3, 0.4) is 0 Å². The third-order valence-corrected chi connectivity index (χ3v) is 5.93. The fraction of sp³-hybridized carbons (Fsp3) is 0.741. The van der Waals surface area contributed by atoms with Gasteiger partial charge >= 0.3 is 5.97 Å². The van der Waals surface area contributed by atoms with Crippen molar-refractivity contribution in [1.29, 1.82) is 0 Å². The van der Waals surface area contributed by atoms with Gasteiger partial charge in [0.1, 0.15) is 24.4 Å². The zero-order valence-electron chi connectivity index (χ0n) is 24.8. The average molecular weight is 585 g/mol. The first-order chi connectivity index (χ1) is 19.2. The van der Waals surface area contributed by atoms with E-state index in [4.69, 9.17) is 5.73 Å². The van der Waals surface area contributed by atoms with Crippen LogP contribution in [0.1, 0.15) is 79.6 Å². The van der Waals surface area contributed by atoms with Crippen LogP contribution in [0.5, 0.6) is 0 Å². The van der Waals surface area contributed by atoms with Gasteiger partial charge in [-0.2, -0.15) is 0 Å². The fourth-order valence-corrected chi connectivity index (χ4v) is 3.94. The normalized spacial score (nSPS) is 13.9. The van der Waals surface area contributed by atoms with Gasteiger partial charge < -0.3 is 42.2 Å². The maximum absolute atomic E-state index is 13.3. The predicted octanol–water partition coefficient (Wildman–Crippen LogP) is -0.653. The molecule has 234 valence electrons. The minimum atomic E-state index is -1.33. The molecule has 0 fully saturated rings. The van der Waals surface area contributed by atoms with Gasteiger partial charge in [-0.05, 0) is 56.9 Å². The van der Waals surface area contributed by atoms with Crippen molar-refractivity contribution in [3.63, 3.8) is 0 Å². The molecule has 0 aliphatic rings. The largest absolute Gasteiger partial charge is 0.481 e. The van der Waals surface area contributed by atoms with Crippen molar-refractivity contribution in [2.75, 3.05) is 13.1 Å². The quantitative estimate of drug-likeness (QED) is 0.0671. The highest BCUT2D eigenvalue weighted by Gasteiger charge is 2.31. The summed E-state index contributed by atoms with van der Waals surface area (Å²) in [6.07, 6.45) is 1.79. The van der Waals surface area contributed by atoms with Gasteiger partial charge in [0.2, 0.25) is 29.5 Å². The minimum absolute atomic E-state index is 0.0367. The van der Waals surface area contributed by atoms with Crippen LogP contribution in [0.4, 0.5) is 0 Å². The second-order valence-corrected chi connectivity index (χ2v) is 10.9. The van der Waals surface area contributed by atoms with Crippen LogP contribution in [0.15, 0.2) is 0 Å². The van der Waals surface area contributed by atoms with E-state index < -0.39 is 66.1 Å². The Labute approximate surface area is 241 Å². The molecular weight excluding hydrogens is 536 g/mol. The molecule has 0 aromatic heterocycles. The number of nitrogens with one attached hydrogen (secondary N) is 5. The summed E-state index contributed by atoms with van der Waals surface area (Å²) in [6, 6.07) is -4.21. The Balaban J connectivity index is 5.81. The molecule has 0 aliphatic heterocycles. The van der Waals surface area contributed by atoms with E-state index in [0.717, 1.165) is 0 Å². The van der Waals surface area contributed by atoms with Gasteiger partial charge in [0.25, 0.3) is 0 Å². The summed E-state index contributed by atoms with van der Waals surface area (Å²) >= 11 is 0. The lowest BCUT2D eigenvalue weighted by Crippen LogP contribution is -2.58. The van der Waals surface area contributed by atoms with Gasteiger partial charge in [-0.25, -0.2) is 0 Å². The number of hydrogen-bond donors (Lipinski definition) is 7. The highest BCUT2D eigenvalue weighted by Crippen LogP contribution is 2.09. The second-order valence-electron chi connectivity index (χ2n) is 10.9. The lowest BCUT2D eigenvalue weighted by atomic mass is 10.0. The number of carbonyl (C=O) groups excluding carboxylic acids is 6. The van der Waals surface area contributed by atoms with E-state index in [2.05, 4.69) is 26.6 Å². The molecule has 0 bridgehead atoms. The number of carboxylic acid groups (broad SMARTS) is 1. The predicted molar refractivity (Wildman–Crippen MR) is 151 cm³/mol. The molecule has 5 amide bonds. The maximum atomic E-state index is 13.3. The number of aldehydes is 1. The number of unbranched alkanes of at least 4 members (excludes halogenated alkanes) is 1. The minimum Gasteiger partial charge on any atom is -0.481 e. The summed E-state index contributed by atoms with van der Waals surface area (Å²) in [5.41, 5.74) is 5.56. The molecule has 8 N–H and O–H groups in total. The Bertz CT molecular complexity index is 895. The van der Waals surface area contributed by atoms with E-state index in [0.29, 0.717) is 32.1 Å². The molecule has 14 nitrogen and oxygen atoms in total. The lowest BCUT2D eigenvalue weighted by molar-refractivity contribution is -0.138. The maximum Gasteiger partial charge on any atom is 0.303 e. The van der Waals surface area contributed by atoms with Gasteiger partial charge in [0.15, 0.2) is 0 Å². The van der Waals surface area contributed by atoms with Crippen LogP contribution in [0.25, 0.3) is 0 Å². The van der Waals surface area contributed by atoms with Crippen LogP contribution in [-0.4, -0.2) is 84.2 Å². The Morgan fingerprint density at radius 3 is 1.78 bits per heavy atom. The monoisotopic (exact) mass is 584 g/mol. The zero-order valence-corrected chi connectivity index (χ0v) is 24.8. The van der Waals surface area contributed by atoms with Gasteiger partial charge in [-0.1, -0.05) is 27.7 Å². The number of carboxylic acids is 1. The first-order valence-electron chi connectivity index (χ1n) is 14.0. The molecule has 0 saturated carbocycles. The standard InChI is InChI=1S/C27H48N6O8/c1-16(2)12-19(15-34)30-25(39)20(8-6-7-11-28)32-26(40)21(9-10-24(37)38)33-27(41)22(13-17(3)4)31-23(36)14-29-18(5)35/h15-17,19-22H,6-14,28H2,1-5H3,(H,29,35)(H,30,39)(H,31,36)(H,32,40)(H,33,41)(H,37,38)/t19-,20-,21-,22-/m0/s1. The lowest BCUT2D eigenvalue weighted by Gasteiger charge is -2.26. The van der Waals surface area contributed by atoms with Crippen molar-refractivity contribution in [2.45, 2.75) is 104 Å². The molecule has 0 unspecified atom stereocenters. The fourth-order valence-electron chi connectivity index (χ4n) is 3.94. The third kappa shape index (κ3) is 17.7. The van der Waals surface area contributed by atoms with Gasteiger partial charge in [-0.3, -0.25) is 28.8 Å². The molecule has 41 heavy (non-hydrogen) atoms. The van der Waals surface area contributed by atoms with Crippen LogP contribution >= 0.6 is 0 Å². The van der Waals surface area contributed by atoms with E-state index >= 15 is 0 Å². The molecule has 0 saturated heterocycles. The molecular formula is C27H48N6O8. The Morgan fingerprint density at radius 1 is 0.756 bits per heavy atom. The number of rotatable bonds is 21. The van der Waals surface area contributed by atoms with Crippen molar-refractivity contribution < 1.29 is 38.7 Å². The summed E-state index contributed by atoms with van der Waals surface area (Å²) in [4.78, 5) is 85.6. The molecule has 14 heteroatoms. The van der Waals surface area contributed by atoms with Crippen molar-refractivity contribution in [1.82, 2.24) is 26.6 Å². The van der Waals surface area contributed by atoms with Gasteiger partial charge in [-0.15, -0.1) is 0 Å². The van der Waals surface area contributed by atoms with Crippen LogP contribution in [0, 0.1) is 11.8 Å². The Kier molecular flexibility index (Phi) is 18.6. The highest BCUT2D eigenvalue weighted by atomic mass is 16.4. The third-order valence-electron chi connectivity index (χ3n) is 5.93. The number of nitrogens with two attached hydrogens (primary N) is 1. The molecule has 0 aromatic carbocycles. The van der Waals surface area contributed by atoms with Crippen LogP contribution in [-0.2, 0) is 33.6 Å². The molecule has 0 aromatic rings. The number of aliphatic carboxylic acids is 1. The average Bonchev–Trinajstić information content (AvgIpc) is 2.87. The van der Waals surface area contributed by atoms with E-state index in [1.54, 1.807) is 0 Å². The zero-order chi connectivity index (χ0) is 31.5. The SMILES string of the molecule is CC(=O)NCC(=O)N[C@@H](CC(C)C)C(=O)N[C@@H](CCC(=O)O)C(=O)N[C@@H](CCCCN)C(=O)N[C@H](C=O)CC(C)C. The first kappa shape index (κ1) is 37.5. The van der Waals surface area contributed by atoms with Crippen molar-refractivity contribution in [2.24, 2.45) is 17.6 Å². The van der Waals surface area contributed by atoms with E-state index in [-0.39, 0.29) is 37.6 Å². The van der Waals surface area contributed by atoms with Crippen molar-refractivity contribution >= 4 is 41.8 Å². The summed E-state index contributed by atoms with van der Waals surface area (Å²) < 4.78 is 0. The highest BCUT2D eigenvalue weighted by molar-refractivity contribution is 5.95. The van der Waals surface area contributed by atoms with Crippen molar-refractivity contribution in [3.8, 4) is 0 Å². The molecule has 0 aliphatic carbocycles. The first-order valence-corrected chi connectivity index (χ1v) is 14.0. The van der Waals surface area contributed by atoms with Crippen LogP contribution in [0.2, 0.25) is 0 Å². The van der Waals surface area contributed by atoms with Gasteiger partial charge in [0.05, 0.1) is 12.6 Å². The van der Waals surface area contributed by atoms with Crippen LogP contribution < -0.4 is 32.3 Å². The molecule has 4 atom stereocenters. The summed E-state index contributed by atoms with van der Waals surface area (Å²) in [6.45, 7) is 8.70. The number of carbonyl (C=O) groups is 7. The second kappa shape index (κ2) is 20.3. The molecule has 0 rings (SSSR count). The number of hydrogen-bond acceptors (Lipinski definition) is 8. The van der Waals surface area contributed by atoms with E-state index in [1.165, 1.54) is 6.92 Å².